The second-order valence-corrected chi connectivity index (χ2v) is 26.8. The lowest BCUT2D eigenvalue weighted by Gasteiger charge is -2.50. The number of hydrogen-bond acceptors (Lipinski definition) is 20. The van der Waals surface area contributed by atoms with E-state index in [1.54, 1.807) is 6.08 Å². The Labute approximate surface area is 562 Å². The Balaban J connectivity index is 1.58. The van der Waals surface area contributed by atoms with Crippen molar-refractivity contribution in [2.75, 3.05) is 26.4 Å². The first-order chi connectivity index (χ1) is 45.4. The van der Waals surface area contributed by atoms with E-state index in [0.29, 0.717) is 12.8 Å². The van der Waals surface area contributed by atoms with Gasteiger partial charge in [0.2, 0.25) is 11.8 Å². The Morgan fingerprint density at radius 2 is 1.00 bits per heavy atom. The van der Waals surface area contributed by atoms with E-state index in [2.05, 4.69) is 36.6 Å². The van der Waals surface area contributed by atoms with Crippen molar-refractivity contribution in [3.8, 4) is 0 Å². The van der Waals surface area contributed by atoms with E-state index in [4.69, 9.17) is 28.4 Å². The van der Waals surface area contributed by atoms with E-state index in [9.17, 15) is 75.7 Å². The number of nitrogens with one attached hydrogen (secondary N) is 2. The highest BCUT2D eigenvalue weighted by atomic mass is 16.8. The minimum Gasteiger partial charge on any atom is -0.477 e. The molecule has 3 fully saturated rings. The van der Waals surface area contributed by atoms with Crippen molar-refractivity contribution in [1.82, 2.24) is 10.6 Å². The number of aliphatic hydroxyl groups is 11. The molecule has 0 radical (unpaired) electrons. The van der Waals surface area contributed by atoms with Gasteiger partial charge in [-0.3, -0.25) is 9.59 Å². The molecule has 14 N–H and O–H groups in total. The van der Waals surface area contributed by atoms with E-state index < -0.39 is 155 Å². The SMILES string of the molecule is CCCCCCCCCCCC/C=C\CCCCCCCCCC(=O)NC(COC1OC(CO)C(OC2OC(CO)C(O)C(OC3(C(=O)O)CC(O)C(NC(C)=O)C(C(O)C(O)CO)O3)C2O)C(O)C1O)C(O)/C=C/CCCCCCCCCCCCCCCCCCC. The predicted octanol–water partition coefficient (Wildman–Crippen LogP) is 7.62. The highest BCUT2D eigenvalue weighted by Gasteiger charge is 2.60. The average Bonchev–Trinajstić information content (AvgIpc) is 0.759. The number of ether oxygens (including phenoxy) is 6. The van der Waals surface area contributed by atoms with Gasteiger partial charge in [0, 0.05) is 19.8 Å². The fourth-order valence-corrected chi connectivity index (χ4v) is 12.8. The number of aliphatic carboxylic acids is 1. The number of amides is 2. The monoisotopic (exact) mass is 1350 g/mol. The van der Waals surface area contributed by atoms with Gasteiger partial charge in [-0.1, -0.05) is 231 Å². The van der Waals surface area contributed by atoms with Gasteiger partial charge in [0.25, 0.3) is 5.79 Å². The summed E-state index contributed by atoms with van der Waals surface area (Å²) in [6, 6.07) is -2.62. The van der Waals surface area contributed by atoms with Crippen molar-refractivity contribution in [2.45, 2.75) is 381 Å². The van der Waals surface area contributed by atoms with E-state index in [0.717, 1.165) is 77.6 Å². The van der Waals surface area contributed by atoms with Crippen LogP contribution in [0, 0.1) is 0 Å². The second kappa shape index (κ2) is 51.4. The number of carbonyl (C=O) groups is 3. The molecule has 3 saturated heterocycles. The lowest BCUT2D eigenvalue weighted by molar-refractivity contribution is -0.386. The summed E-state index contributed by atoms with van der Waals surface area (Å²) in [5, 5.41) is 136. The first kappa shape index (κ1) is 85.4. The first-order valence-corrected chi connectivity index (χ1v) is 36.7. The summed E-state index contributed by atoms with van der Waals surface area (Å²) in [6.45, 7) is 2.16. The van der Waals surface area contributed by atoms with Crippen molar-refractivity contribution >= 4 is 17.8 Å². The summed E-state index contributed by atoms with van der Waals surface area (Å²) in [6.07, 6.45) is 23.5. The Hall–Kier alpha value is -2.79. The summed E-state index contributed by atoms with van der Waals surface area (Å²) in [5.41, 5.74) is 0. The Morgan fingerprint density at radius 3 is 1.45 bits per heavy atom. The molecule has 18 unspecified atom stereocenters. The zero-order chi connectivity index (χ0) is 68.9. The van der Waals surface area contributed by atoms with Crippen molar-refractivity contribution < 1.29 is 104 Å². The molecular weight excluding hydrogens is 1220 g/mol. The van der Waals surface area contributed by atoms with Crippen LogP contribution in [0.4, 0.5) is 0 Å². The predicted molar refractivity (Wildman–Crippen MR) is 357 cm³/mol. The average molecular weight is 1350 g/mol. The molecule has 0 aromatic rings. The maximum atomic E-state index is 13.5. The molecule has 23 nitrogen and oxygen atoms in total. The zero-order valence-electron chi connectivity index (χ0n) is 57.6. The smallest absolute Gasteiger partial charge is 0.364 e. The van der Waals surface area contributed by atoms with E-state index in [1.807, 2.05) is 6.08 Å². The topological polar surface area (TPSA) is 373 Å². The van der Waals surface area contributed by atoms with Gasteiger partial charge in [-0.2, -0.15) is 0 Å². The van der Waals surface area contributed by atoms with Crippen LogP contribution in [0.2, 0.25) is 0 Å². The van der Waals surface area contributed by atoms with Crippen LogP contribution in [0.25, 0.3) is 0 Å². The third kappa shape index (κ3) is 32.9. The van der Waals surface area contributed by atoms with Gasteiger partial charge >= 0.3 is 5.97 Å². The van der Waals surface area contributed by atoms with Crippen LogP contribution in [0.3, 0.4) is 0 Å². The van der Waals surface area contributed by atoms with E-state index in [1.165, 1.54) is 154 Å². The number of carboxylic acid groups (broad SMARTS) is 1. The molecule has 0 aromatic carbocycles. The largest absolute Gasteiger partial charge is 0.477 e. The number of aliphatic hydroxyl groups excluding tert-OH is 11. The van der Waals surface area contributed by atoms with Crippen LogP contribution in [-0.2, 0) is 42.8 Å². The van der Waals surface area contributed by atoms with E-state index >= 15 is 0 Å². The molecule has 0 bridgehead atoms. The molecule has 0 aliphatic carbocycles. The van der Waals surface area contributed by atoms with Gasteiger partial charge in [0.05, 0.1) is 50.7 Å². The van der Waals surface area contributed by atoms with Gasteiger partial charge < -0.3 is 100 Å². The van der Waals surface area contributed by atoms with Crippen LogP contribution in [-0.4, -0.2) is 215 Å². The van der Waals surface area contributed by atoms with Crippen molar-refractivity contribution in [2.24, 2.45) is 0 Å². The maximum absolute atomic E-state index is 13.5. The fourth-order valence-electron chi connectivity index (χ4n) is 12.8. The third-order valence-electron chi connectivity index (χ3n) is 18.6. The van der Waals surface area contributed by atoms with Gasteiger partial charge in [0.15, 0.2) is 12.6 Å². The Kier molecular flexibility index (Phi) is 46.7. The van der Waals surface area contributed by atoms with Crippen LogP contribution in [0.1, 0.15) is 271 Å². The molecule has 23 heteroatoms. The minimum atomic E-state index is -3.08. The Morgan fingerprint density at radius 1 is 0.553 bits per heavy atom. The molecule has 0 spiro atoms. The number of allylic oxidation sites excluding steroid dienone is 3. The van der Waals surface area contributed by atoms with E-state index in [-0.39, 0.29) is 12.3 Å². The highest BCUT2D eigenvalue weighted by Crippen LogP contribution is 2.39. The molecule has 3 aliphatic rings. The summed E-state index contributed by atoms with van der Waals surface area (Å²) < 4.78 is 34.8. The molecule has 0 saturated carbocycles. The summed E-state index contributed by atoms with van der Waals surface area (Å²) in [4.78, 5) is 38.6. The summed E-state index contributed by atoms with van der Waals surface area (Å²) >= 11 is 0. The van der Waals surface area contributed by atoms with Crippen molar-refractivity contribution in [3.05, 3.63) is 24.3 Å². The molecule has 550 valence electrons. The number of unbranched alkanes of at least 4 members (excludes halogenated alkanes) is 34. The van der Waals surface area contributed by atoms with Crippen LogP contribution in [0.5, 0.6) is 0 Å². The molecule has 2 amide bonds. The minimum absolute atomic E-state index is 0.196. The number of rotatable bonds is 56. The quantitative estimate of drug-likeness (QED) is 0.0205. The maximum Gasteiger partial charge on any atom is 0.364 e. The molecule has 0 aromatic heterocycles. The molecule has 18 atom stereocenters. The number of carboxylic acids is 1. The molecule has 3 aliphatic heterocycles. The van der Waals surface area contributed by atoms with Gasteiger partial charge in [0.1, 0.15) is 67.1 Å². The van der Waals surface area contributed by atoms with Crippen molar-refractivity contribution in [1.29, 1.82) is 0 Å². The summed E-state index contributed by atoms with van der Waals surface area (Å²) in [7, 11) is 0. The number of carbonyl (C=O) groups excluding carboxylic acids is 2. The molecular formula is C71H130N2O21. The number of hydrogen-bond donors (Lipinski definition) is 14. The standard InChI is InChI=1S/C71H130N2O21/c1-4-6-8-10-12-14-16-18-20-22-24-25-27-29-31-33-35-37-39-41-43-45-58(81)73-52(53(78)44-42-40-38-36-34-32-30-28-26-23-21-19-17-15-13-11-9-7-5-2)50-89-68-63(85)62(84)65(57(49-76)91-68)92-69-64(86)67(61(83)56(48-75)90-69)94-71(70(87)88)46-54(79)59(72-51(3)77)66(93-71)60(82)55(80)47-74/h25,27,42,44,52-57,59-69,74-76,78-80,82-86H,4-24,26,28-41,43,45-50H2,1-3H3,(H,72,77)(H,73,81)(H,87,88)/b27-25-,44-42+. The summed E-state index contributed by atoms with van der Waals surface area (Å²) in [5.74, 6) is -6.14. The van der Waals surface area contributed by atoms with Crippen molar-refractivity contribution in [3.63, 3.8) is 0 Å². The Bertz CT molecular complexity index is 1990. The molecule has 3 heterocycles. The van der Waals surface area contributed by atoms with Crippen LogP contribution >= 0.6 is 0 Å². The van der Waals surface area contributed by atoms with Crippen LogP contribution < -0.4 is 10.6 Å². The van der Waals surface area contributed by atoms with Gasteiger partial charge in [-0.05, 0) is 44.9 Å². The molecule has 94 heavy (non-hydrogen) atoms. The normalized spacial score (nSPS) is 28.0. The third-order valence-corrected chi connectivity index (χ3v) is 18.6. The zero-order valence-corrected chi connectivity index (χ0v) is 57.6. The van der Waals surface area contributed by atoms with Gasteiger partial charge in [-0.25, -0.2) is 4.79 Å². The van der Waals surface area contributed by atoms with Gasteiger partial charge in [-0.15, -0.1) is 0 Å². The lowest BCUT2D eigenvalue weighted by atomic mass is 9.88. The second-order valence-electron chi connectivity index (χ2n) is 26.8. The molecule has 3 rings (SSSR count). The fraction of sp³-hybridized carbons (Fsp3) is 0.901. The van der Waals surface area contributed by atoms with Crippen LogP contribution in [0.15, 0.2) is 24.3 Å². The lowest BCUT2D eigenvalue weighted by Crippen LogP contribution is -2.70. The highest BCUT2D eigenvalue weighted by molar-refractivity contribution is 5.77. The first-order valence-electron chi connectivity index (χ1n) is 36.7.